The molecule has 0 aromatic rings. The zero-order valence-electron chi connectivity index (χ0n) is 14.3. The Labute approximate surface area is 138 Å². The number of carbonyl (C=O) groups is 2. The summed E-state index contributed by atoms with van der Waals surface area (Å²) in [6.45, 7) is 6.15. The van der Waals surface area contributed by atoms with Gasteiger partial charge in [-0.3, -0.25) is 9.59 Å². The molecule has 0 unspecified atom stereocenters. The highest BCUT2D eigenvalue weighted by atomic mass is 16.1. The van der Waals surface area contributed by atoms with Crippen molar-refractivity contribution in [3.63, 3.8) is 0 Å². The summed E-state index contributed by atoms with van der Waals surface area (Å²) < 4.78 is 0. The third kappa shape index (κ3) is 1.87. The maximum Gasteiger partial charge on any atom is 0.138 e. The van der Waals surface area contributed by atoms with Crippen LogP contribution in [0.5, 0.6) is 0 Å². The molecular formula is C21H26O2. The Kier molecular flexibility index (Phi) is 3.14. The van der Waals surface area contributed by atoms with Crippen molar-refractivity contribution in [1.29, 1.82) is 0 Å². The van der Waals surface area contributed by atoms with E-state index >= 15 is 0 Å². The van der Waals surface area contributed by atoms with E-state index in [1.54, 1.807) is 6.92 Å². The van der Waals surface area contributed by atoms with Gasteiger partial charge in [0.25, 0.3) is 0 Å². The summed E-state index contributed by atoms with van der Waals surface area (Å²) in [6.07, 6.45) is 14.6. The molecule has 2 saturated carbocycles. The van der Waals surface area contributed by atoms with Gasteiger partial charge >= 0.3 is 0 Å². The lowest BCUT2D eigenvalue weighted by Crippen LogP contribution is -2.53. The molecule has 0 bridgehead atoms. The summed E-state index contributed by atoms with van der Waals surface area (Å²) >= 11 is 0. The van der Waals surface area contributed by atoms with E-state index in [4.69, 9.17) is 0 Å². The summed E-state index contributed by atoms with van der Waals surface area (Å²) in [7, 11) is 0. The van der Waals surface area contributed by atoms with Gasteiger partial charge in [-0.05, 0) is 49.0 Å². The van der Waals surface area contributed by atoms with Crippen molar-refractivity contribution in [1.82, 2.24) is 0 Å². The van der Waals surface area contributed by atoms with E-state index in [2.05, 4.69) is 44.2 Å². The summed E-state index contributed by atoms with van der Waals surface area (Å²) in [5.41, 5.74) is 1.05. The van der Waals surface area contributed by atoms with Gasteiger partial charge < -0.3 is 0 Å². The largest absolute Gasteiger partial charge is 0.300 e. The molecule has 0 amide bonds. The molecule has 0 saturated heterocycles. The summed E-state index contributed by atoms with van der Waals surface area (Å²) in [6, 6.07) is 0. The third-order valence-electron chi connectivity index (χ3n) is 7.45. The van der Waals surface area contributed by atoms with Gasteiger partial charge in [0.05, 0.1) is 0 Å². The highest BCUT2D eigenvalue weighted by Gasteiger charge is 2.61. The van der Waals surface area contributed by atoms with Crippen molar-refractivity contribution < 1.29 is 9.59 Å². The van der Waals surface area contributed by atoms with E-state index in [-0.39, 0.29) is 28.4 Å². The molecule has 122 valence electrons. The highest BCUT2D eigenvalue weighted by molar-refractivity contribution is 5.88. The van der Waals surface area contributed by atoms with Gasteiger partial charge in [-0.15, -0.1) is 0 Å². The van der Waals surface area contributed by atoms with Crippen LogP contribution in [0.15, 0.2) is 36.0 Å². The fourth-order valence-corrected chi connectivity index (χ4v) is 6.45. The standard InChI is InChI=1S/C21H26O2/c1-13(22)16-9-10-17-15-8-7-14-6-4-5-11-20(14,2)19(15)18(23)12-21(16,17)3/h4-7,11,15-17,19H,8-10,12H2,1-3H3/t15-,16+,17-,19+,20-,21+/m0/s1. The Morgan fingerprint density at radius 3 is 2.74 bits per heavy atom. The van der Waals surface area contributed by atoms with Crippen LogP contribution in [0.25, 0.3) is 0 Å². The lowest BCUT2D eigenvalue weighted by Gasteiger charge is -2.54. The van der Waals surface area contributed by atoms with Crippen molar-refractivity contribution in [2.45, 2.75) is 46.5 Å². The molecule has 4 aliphatic carbocycles. The third-order valence-corrected chi connectivity index (χ3v) is 7.45. The van der Waals surface area contributed by atoms with Crippen LogP contribution in [0.3, 0.4) is 0 Å². The van der Waals surface area contributed by atoms with Crippen LogP contribution in [0.4, 0.5) is 0 Å². The SMILES string of the molecule is CC(=O)[C@H]1CC[C@H]2[C@@H]3CC=C4C=CC=C[C@]4(C)[C@H]3C(=O)C[C@]12C. The number of carbonyl (C=O) groups excluding carboxylic acids is 2. The molecule has 23 heavy (non-hydrogen) atoms. The van der Waals surface area contributed by atoms with Crippen molar-refractivity contribution in [3.8, 4) is 0 Å². The van der Waals surface area contributed by atoms with Crippen LogP contribution >= 0.6 is 0 Å². The Morgan fingerprint density at radius 2 is 2.00 bits per heavy atom. The first-order valence-corrected chi connectivity index (χ1v) is 8.97. The summed E-state index contributed by atoms with van der Waals surface area (Å²) in [5.74, 6) is 1.74. The van der Waals surface area contributed by atoms with Crippen LogP contribution in [-0.2, 0) is 9.59 Å². The van der Waals surface area contributed by atoms with E-state index in [9.17, 15) is 9.59 Å². The Bertz CT molecular complexity index is 667. The molecule has 0 aromatic heterocycles. The minimum atomic E-state index is -0.148. The minimum Gasteiger partial charge on any atom is -0.300 e. The average Bonchev–Trinajstić information content (AvgIpc) is 2.82. The molecule has 0 heterocycles. The topological polar surface area (TPSA) is 34.1 Å². The van der Waals surface area contributed by atoms with Crippen molar-refractivity contribution in [3.05, 3.63) is 36.0 Å². The van der Waals surface area contributed by atoms with E-state index in [0.717, 1.165) is 19.3 Å². The maximum atomic E-state index is 13.2. The van der Waals surface area contributed by atoms with Gasteiger partial charge in [-0.2, -0.15) is 0 Å². The second-order valence-corrected chi connectivity index (χ2v) is 8.53. The molecule has 0 aliphatic heterocycles. The fourth-order valence-electron chi connectivity index (χ4n) is 6.45. The predicted molar refractivity (Wildman–Crippen MR) is 90.7 cm³/mol. The normalized spacial score (nSPS) is 47.6. The number of Topliss-reactive ketones (excluding diaryl/α,β-unsaturated/α-hetero) is 2. The molecule has 6 atom stereocenters. The van der Waals surface area contributed by atoms with Gasteiger partial charge in [0.1, 0.15) is 11.6 Å². The molecule has 0 spiro atoms. The number of ketones is 2. The first-order valence-electron chi connectivity index (χ1n) is 8.97. The average molecular weight is 310 g/mol. The number of rotatable bonds is 1. The Hall–Kier alpha value is -1.44. The highest BCUT2D eigenvalue weighted by Crippen LogP contribution is 2.64. The second kappa shape index (κ2) is 4.78. The molecule has 0 radical (unpaired) electrons. The van der Waals surface area contributed by atoms with E-state index < -0.39 is 0 Å². The smallest absolute Gasteiger partial charge is 0.138 e. The second-order valence-electron chi connectivity index (χ2n) is 8.53. The van der Waals surface area contributed by atoms with Gasteiger partial charge in [0, 0.05) is 23.7 Å². The lowest BCUT2D eigenvalue weighted by atomic mass is 9.48. The molecule has 4 aliphatic rings. The van der Waals surface area contributed by atoms with Crippen LogP contribution in [-0.4, -0.2) is 11.6 Å². The first-order chi connectivity index (χ1) is 10.9. The van der Waals surface area contributed by atoms with Crippen LogP contribution < -0.4 is 0 Å². The van der Waals surface area contributed by atoms with Gasteiger partial charge in [-0.25, -0.2) is 0 Å². The van der Waals surface area contributed by atoms with Gasteiger partial charge in [0.15, 0.2) is 0 Å². The monoisotopic (exact) mass is 310 g/mol. The zero-order chi connectivity index (χ0) is 16.4. The van der Waals surface area contributed by atoms with Crippen molar-refractivity contribution in [2.75, 3.05) is 0 Å². The molecule has 0 N–H and O–H groups in total. The Balaban J connectivity index is 1.78. The number of hydrogen-bond acceptors (Lipinski definition) is 2. The fraction of sp³-hybridized carbons (Fsp3) is 0.619. The van der Waals surface area contributed by atoms with Crippen LogP contribution in [0.1, 0.15) is 46.5 Å². The van der Waals surface area contributed by atoms with Crippen molar-refractivity contribution in [2.24, 2.45) is 34.5 Å². The van der Waals surface area contributed by atoms with E-state index in [1.165, 1.54) is 5.57 Å². The van der Waals surface area contributed by atoms with Crippen molar-refractivity contribution >= 4 is 11.6 Å². The van der Waals surface area contributed by atoms with Crippen LogP contribution in [0.2, 0.25) is 0 Å². The predicted octanol–water partition coefficient (Wildman–Crippen LogP) is 4.28. The van der Waals surface area contributed by atoms with Gasteiger partial charge in [-0.1, -0.05) is 44.2 Å². The Morgan fingerprint density at radius 1 is 1.22 bits per heavy atom. The molecule has 4 rings (SSSR count). The number of allylic oxidation sites excluding steroid dienone is 6. The zero-order valence-corrected chi connectivity index (χ0v) is 14.3. The summed E-state index contributed by atoms with van der Waals surface area (Å²) in [5, 5.41) is 0. The molecule has 2 heteroatoms. The number of hydrogen-bond donors (Lipinski definition) is 0. The molecule has 2 nitrogen and oxygen atoms in total. The van der Waals surface area contributed by atoms with E-state index in [1.807, 2.05) is 0 Å². The molecule has 2 fully saturated rings. The first kappa shape index (κ1) is 15.1. The molecule has 0 aromatic carbocycles. The van der Waals surface area contributed by atoms with E-state index in [0.29, 0.717) is 24.0 Å². The minimum absolute atomic E-state index is 0.0809. The molecular weight excluding hydrogens is 284 g/mol. The quantitative estimate of drug-likeness (QED) is 0.724. The van der Waals surface area contributed by atoms with Crippen LogP contribution in [0, 0.1) is 34.5 Å². The lowest BCUT2D eigenvalue weighted by molar-refractivity contribution is -0.143. The van der Waals surface area contributed by atoms with Gasteiger partial charge in [0.2, 0.25) is 0 Å². The summed E-state index contributed by atoms with van der Waals surface area (Å²) in [4.78, 5) is 25.3. The maximum absolute atomic E-state index is 13.2. The number of fused-ring (bicyclic) bond motifs is 5.